The highest BCUT2D eigenvalue weighted by atomic mass is 35.5. The SMILES string of the molecule is O=C(O)[C@@H](Cl)CCCOc1ccccc1. The predicted octanol–water partition coefficient (Wildman–Crippen LogP) is 2.54. The minimum Gasteiger partial charge on any atom is -0.494 e. The Bertz CT molecular complexity index is 300. The molecule has 0 unspecified atom stereocenters. The summed E-state index contributed by atoms with van der Waals surface area (Å²) in [6, 6.07) is 9.39. The second-order valence-electron chi connectivity index (χ2n) is 3.11. The summed E-state index contributed by atoms with van der Waals surface area (Å²) in [5, 5.41) is 7.71. The molecule has 0 aliphatic rings. The second kappa shape index (κ2) is 6.30. The first-order valence-electron chi connectivity index (χ1n) is 4.75. The minimum absolute atomic E-state index is 0.420. The van der Waals surface area contributed by atoms with Crippen molar-refractivity contribution in [2.75, 3.05) is 6.61 Å². The summed E-state index contributed by atoms with van der Waals surface area (Å²) in [6.45, 7) is 0.487. The smallest absolute Gasteiger partial charge is 0.321 e. The molecule has 0 aliphatic carbocycles. The lowest BCUT2D eigenvalue weighted by atomic mass is 10.2. The standard InChI is InChI=1S/C11H13ClO3/c12-10(11(13)14)7-4-8-15-9-5-2-1-3-6-9/h1-3,5-6,10H,4,7-8H2,(H,13,14)/t10-/m0/s1. The fraction of sp³-hybridized carbons (Fsp3) is 0.364. The molecule has 0 amide bonds. The van der Waals surface area contributed by atoms with Crippen molar-refractivity contribution >= 4 is 17.6 Å². The van der Waals surface area contributed by atoms with Crippen LogP contribution >= 0.6 is 11.6 Å². The Hall–Kier alpha value is -1.22. The van der Waals surface area contributed by atoms with Crippen LogP contribution in [0.25, 0.3) is 0 Å². The zero-order chi connectivity index (χ0) is 11.1. The number of alkyl halides is 1. The van der Waals surface area contributed by atoms with Crippen molar-refractivity contribution in [3.8, 4) is 5.75 Å². The van der Waals surface area contributed by atoms with E-state index in [9.17, 15) is 4.79 Å². The molecule has 0 spiro atoms. The Balaban J connectivity index is 2.15. The van der Waals surface area contributed by atoms with Gasteiger partial charge in [-0.1, -0.05) is 18.2 Å². The van der Waals surface area contributed by atoms with Crippen molar-refractivity contribution in [2.45, 2.75) is 18.2 Å². The minimum atomic E-state index is -0.976. The molecule has 1 N–H and O–H groups in total. The molecule has 0 bridgehead atoms. The van der Waals surface area contributed by atoms with Gasteiger partial charge in [-0.15, -0.1) is 11.6 Å². The first kappa shape index (κ1) is 11.9. The average Bonchev–Trinajstić information content (AvgIpc) is 2.25. The third kappa shape index (κ3) is 4.70. The highest BCUT2D eigenvalue weighted by molar-refractivity contribution is 6.29. The number of carboxylic acid groups (broad SMARTS) is 1. The molecule has 1 aromatic carbocycles. The fourth-order valence-electron chi connectivity index (χ4n) is 1.09. The Morgan fingerprint density at radius 2 is 2.07 bits per heavy atom. The van der Waals surface area contributed by atoms with Crippen molar-refractivity contribution in [3.05, 3.63) is 30.3 Å². The van der Waals surface area contributed by atoms with Crippen molar-refractivity contribution in [3.63, 3.8) is 0 Å². The molecule has 0 fully saturated rings. The van der Waals surface area contributed by atoms with Gasteiger partial charge < -0.3 is 9.84 Å². The van der Waals surface area contributed by atoms with Gasteiger partial charge in [0, 0.05) is 0 Å². The normalized spacial score (nSPS) is 12.1. The number of carboxylic acids is 1. The fourth-order valence-corrected chi connectivity index (χ4v) is 1.25. The first-order valence-corrected chi connectivity index (χ1v) is 5.18. The summed E-state index contributed by atoms with van der Waals surface area (Å²) >= 11 is 5.54. The number of para-hydroxylation sites is 1. The number of hydrogen-bond acceptors (Lipinski definition) is 2. The van der Waals surface area contributed by atoms with Crippen LogP contribution in [-0.4, -0.2) is 23.1 Å². The number of ether oxygens (including phenoxy) is 1. The van der Waals surface area contributed by atoms with E-state index in [-0.39, 0.29) is 0 Å². The van der Waals surface area contributed by atoms with Crippen LogP contribution in [0.3, 0.4) is 0 Å². The van der Waals surface area contributed by atoms with Crippen LogP contribution < -0.4 is 4.74 Å². The molecule has 0 saturated heterocycles. The number of halogens is 1. The monoisotopic (exact) mass is 228 g/mol. The summed E-state index contributed by atoms with van der Waals surface area (Å²) < 4.78 is 5.38. The van der Waals surface area contributed by atoms with Gasteiger partial charge in [-0.2, -0.15) is 0 Å². The van der Waals surface area contributed by atoms with Gasteiger partial charge in [-0.25, -0.2) is 0 Å². The lowest BCUT2D eigenvalue weighted by molar-refractivity contribution is -0.136. The molecular formula is C11H13ClO3. The summed E-state index contributed by atoms with van der Waals surface area (Å²) in [7, 11) is 0. The molecule has 0 aromatic heterocycles. The number of benzene rings is 1. The summed E-state index contributed by atoms with van der Waals surface area (Å²) in [5.41, 5.74) is 0. The van der Waals surface area contributed by atoms with E-state index in [1.165, 1.54) is 0 Å². The van der Waals surface area contributed by atoms with Gasteiger partial charge in [0.2, 0.25) is 0 Å². The maximum absolute atomic E-state index is 10.4. The third-order valence-electron chi connectivity index (χ3n) is 1.88. The molecule has 1 rings (SSSR count). The van der Waals surface area contributed by atoms with Gasteiger partial charge >= 0.3 is 5.97 Å². The summed E-state index contributed by atoms with van der Waals surface area (Å²) in [6.07, 6.45) is 1.05. The van der Waals surface area contributed by atoms with Crippen LogP contribution in [0.5, 0.6) is 5.75 Å². The third-order valence-corrected chi connectivity index (χ3v) is 2.29. The number of rotatable bonds is 6. The molecule has 15 heavy (non-hydrogen) atoms. The van der Waals surface area contributed by atoms with E-state index >= 15 is 0 Å². The molecule has 3 nitrogen and oxygen atoms in total. The quantitative estimate of drug-likeness (QED) is 0.601. The van der Waals surface area contributed by atoms with Crippen LogP contribution in [-0.2, 0) is 4.79 Å². The van der Waals surface area contributed by atoms with Crippen molar-refractivity contribution in [1.82, 2.24) is 0 Å². The molecule has 82 valence electrons. The number of aliphatic carboxylic acids is 1. The van der Waals surface area contributed by atoms with E-state index in [2.05, 4.69) is 0 Å². The van der Waals surface area contributed by atoms with Crippen molar-refractivity contribution in [2.24, 2.45) is 0 Å². The molecular weight excluding hydrogens is 216 g/mol. The topological polar surface area (TPSA) is 46.5 Å². The van der Waals surface area contributed by atoms with E-state index in [1.54, 1.807) is 0 Å². The average molecular weight is 229 g/mol. The van der Waals surface area contributed by atoms with E-state index in [4.69, 9.17) is 21.4 Å². The van der Waals surface area contributed by atoms with Crippen LogP contribution in [0.1, 0.15) is 12.8 Å². The van der Waals surface area contributed by atoms with Crippen LogP contribution in [0.4, 0.5) is 0 Å². The lowest BCUT2D eigenvalue weighted by Gasteiger charge is -2.06. The molecule has 0 saturated carbocycles. The first-order chi connectivity index (χ1) is 7.20. The Morgan fingerprint density at radius 3 is 2.67 bits per heavy atom. The largest absolute Gasteiger partial charge is 0.494 e. The molecule has 0 aliphatic heterocycles. The van der Waals surface area contributed by atoms with Gasteiger partial charge in [0.1, 0.15) is 11.1 Å². The zero-order valence-electron chi connectivity index (χ0n) is 8.23. The highest BCUT2D eigenvalue weighted by Gasteiger charge is 2.12. The van der Waals surface area contributed by atoms with E-state index in [1.807, 2.05) is 30.3 Å². The van der Waals surface area contributed by atoms with Gasteiger partial charge in [-0.05, 0) is 25.0 Å². The summed E-state index contributed by atoms with van der Waals surface area (Å²) in [5.74, 6) is -0.185. The van der Waals surface area contributed by atoms with Gasteiger partial charge in [0.15, 0.2) is 0 Å². The van der Waals surface area contributed by atoms with Gasteiger partial charge in [0.25, 0.3) is 0 Å². The zero-order valence-corrected chi connectivity index (χ0v) is 8.98. The summed E-state index contributed by atoms with van der Waals surface area (Å²) in [4.78, 5) is 10.4. The Morgan fingerprint density at radius 1 is 1.40 bits per heavy atom. The van der Waals surface area contributed by atoms with E-state index in [0.717, 1.165) is 5.75 Å². The molecule has 1 aromatic rings. The highest BCUT2D eigenvalue weighted by Crippen LogP contribution is 2.10. The van der Waals surface area contributed by atoms with Gasteiger partial charge in [-0.3, -0.25) is 4.79 Å². The molecule has 0 radical (unpaired) electrons. The molecule has 4 heteroatoms. The van der Waals surface area contributed by atoms with Crippen molar-refractivity contribution < 1.29 is 14.6 Å². The van der Waals surface area contributed by atoms with Gasteiger partial charge in [0.05, 0.1) is 6.61 Å². The van der Waals surface area contributed by atoms with Crippen molar-refractivity contribution in [1.29, 1.82) is 0 Å². The predicted molar refractivity (Wildman–Crippen MR) is 58.4 cm³/mol. The number of hydrogen-bond donors (Lipinski definition) is 1. The van der Waals surface area contributed by atoms with Crippen LogP contribution in [0.15, 0.2) is 30.3 Å². The lowest BCUT2D eigenvalue weighted by Crippen LogP contribution is -2.14. The molecule has 0 heterocycles. The maximum atomic E-state index is 10.4. The molecule has 1 atom stereocenters. The van der Waals surface area contributed by atoms with Crippen LogP contribution in [0, 0.1) is 0 Å². The van der Waals surface area contributed by atoms with Crippen LogP contribution in [0.2, 0.25) is 0 Å². The van der Waals surface area contributed by atoms with E-state index < -0.39 is 11.3 Å². The Kier molecular flexibility index (Phi) is 4.98. The Labute approximate surface area is 93.6 Å². The number of carbonyl (C=O) groups is 1. The maximum Gasteiger partial charge on any atom is 0.321 e. The second-order valence-corrected chi connectivity index (χ2v) is 3.64. The van der Waals surface area contributed by atoms with E-state index in [0.29, 0.717) is 19.4 Å².